The smallest absolute Gasteiger partial charge is 0.264 e. The topological polar surface area (TPSA) is 140 Å². The maximum atomic E-state index is 15.0. The average Bonchev–Trinajstić information content (AvgIpc) is 3.44. The number of nitriles is 1. The average molecular weight is 499 g/mol. The van der Waals surface area contributed by atoms with Gasteiger partial charge in [0.2, 0.25) is 5.95 Å². The molecule has 3 N–H and O–H groups in total. The first-order chi connectivity index (χ1) is 16.9. The van der Waals surface area contributed by atoms with E-state index < -0.39 is 12.2 Å². The Morgan fingerprint density at radius 1 is 1.40 bits per heavy atom. The van der Waals surface area contributed by atoms with Gasteiger partial charge in [-0.15, -0.1) is 0 Å². The Morgan fingerprint density at radius 2 is 2.23 bits per heavy atom. The summed E-state index contributed by atoms with van der Waals surface area (Å²) in [5, 5.41) is 27.3. The van der Waals surface area contributed by atoms with Gasteiger partial charge in [0.25, 0.3) is 5.91 Å². The Hall–Kier alpha value is -3.72. The molecule has 1 aliphatic carbocycles. The molecule has 0 radical (unpaired) electrons. The first-order valence-corrected chi connectivity index (χ1v) is 11.9. The van der Waals surface area contributed by atoms with Crippen LogP contribution < -0.4 is 10.6 Å². The molecule has 1 saturated heterocycles. The predicted octanol–water partition coefficient (Wildman–Crippen LogP) is 3.18. The third-order valence-corrected chi connectivity index (χ3v) is 6.37. The second-order valence-electron chi connectivity index (χ2n) is 8.68. The lowest BCUT2D eigenvalue weighted by Gasteiger charge is -2.35. The summed E-state index contributed by atoms with van der Waals surface area (Å²) in [4.78, 5) is 23.3. The highest BCUT2D eigenvalue weighted by atomic mass is 35.5. The number of hydrogen-bond donors (Lipinski definition) is 3. The van der Waals surface area contributed by atoms with Crippen molar-refractivity contribution in [2.24, 2.45) is 5.92 Å². The van der Waals surface area contributed by atoms with Crippen LogP contribution >= 0.6 is 11.6 Å². The van der Waals surface area contributed by atoms with E-state index in [4.69, 9.17) is 11.6 Å². The number of aromatic amines is 1. The van der Waals surface area contributed by atoms with Crippen molar-refractivity contribution in [3.8, 4) is 6.07 Å². The fraction of sp³-hybridized carbons (Fsp3) is 0.455. The van der Waals surface area contributed by atoms with Crippen molar-refractivity contribution in [3.63, 3.8) is 0 Å². The minimum atomic E-state index is -1.23. The quantitative estimate of drug-likeness (QED) is 0.333. The monoisotopic (exact) mass is 498 g/mol. The molecule has 0 unspecified atom stereocenters. The molecular formula is C22H24ClFN10O. The van der Waals surface area contributed by atoms with Crippen LogP contribution in [-0.4, -0.2) is 66.1 Å². The van der Waals surface area contributed by atoms with Crippen LogP contribution in [-0.2, 0) is 11.3 Å². The number of rotatable bonds is 7. The number of carbonyl (C=O) groups is 1. The number of allylic oxidation sites excluding steroid dienone is 1. The van der Waals surface area contributed by atoms with Gasteiger partial charge in [0.15, 0.2) is 5.65 Å². The number of nitrogens with one attached hydrogen (secondary N) is 3. The van der Waals surface area contributed by atoms with Crippen molar-refractivity contribution in [1.29, 1.82) is 5.26 Å². The van der Waals surface area contributed by atoms with Crippen molar-refractivity contribution >= 4 is 46.0 Å². The number of hydrogen-bond acceptors (Lipinski definition) is 8. The first-order valence-electron chi connectivity index (χ1n) is 11.5. The zero-order valence-corrected chi connectivity index (χ0v) is 19.8. The van der Waals surface area contributed by atoms with Crippen LogP contribution in [0.1, 0.15) is 26.2 Å². The molecule has 3 aromatic rings. The Labute approximate surface area is 205 Å². The molecule has 1 amide bonds. The van der Waals surface area contributed by atoms with Crippen molar-refractivity contribution in [1.82, 2.24) is 34.8 Å². The number of aromatic nitrogens is 6. The number of nitrogens with zero attached hydrogens (tertiary/aromatic N) is 7. The molecule has 2 atom stereocenters. The van der Waals surface area contributed by atoms with Crippen LogP contribution in [0.3, 0.4) is 0 Å². The summed E-state index contributed by atoms with van der Waals surface area (Å²) in [6, 6.07) is 1.24. The second kappa shape index (κ2) is 9.50. The van der Waals surface area contributed by atoms with Crippen molar-refractivity contribution in [2.45, 2.75) is 44.9 Å². The number of piperidine rings is 1. The molecule has 2 aliphatic rings. The molecule has 1 saturated carbocycles. The summed E-state index contributed by atoms with van der Waals surface area (Å²) in [5.41, 5.74) is 1.10. The molecule has 0 bridgehead atoms. The lowest BCUT2D eigenvalue weighted by atomic mass is 10.0. The zero-order valence-electron chi connectivity index (χ0n) is 19.0. The lowest BCUT2D eigenvalue weighted by molar-refractivity contribution is -0.128. The molecule has 35 heavy (non-hydrogen) atoms. The van der Waals surface area contributed by atoms with E-state index >= 15 is 0 Å². The van der Waals surface area contributed by atoms with E-state index in [0.29, 0.717) is 23.3 Å². The Kier molecular flexibility index (Phi) is 6.25. The summed E-state index contributed by atoms with van der Waals surface area (Å²) in [6.45, 7) is 3.00. The number of likely N-dealkylation sites (tertiary alicyclic amines) is 1. The van der Waals surface area contributed by atoms with Crippen LogP contribution in [0.5, 0.6) is 0 Å². The molecule has 0 aromatic carbocycles. The van der Waals surface area contributed by atoms with E-state index in [0.717, 1.165) is 12.8 Å². The van der Waals surface area contributed by atoms with Crippen molar-refractivity contribution in [2.75, 3.05) is 23.7 Å². The predicted molar refractivity (Wildman–Crippen MR) is 128 cm³/mol. The third-order valence-electron chi connectivity index (χ3n) is 6.10. The summed E-state index contributed by atoms with van der Waals surface area (Å²) in [6.07, 6.45) is 6.06. The Bertz CT molecular complexity index is 1320. The fourth-order valence-corrected chi connectivity index (χ4v) is 4.24. The highest BCUT2D eigenvalue weighted by Crippen LogP contribution is 2.32. The van der Waals surface area contributed by atoms with Crippen LogP contribution in [0.25, 0.3) is 11.0 Å². The SMILES string of the molecule is CCn1cc(Nc2nc(N[C@H]3CN(C(=O)/C(C#N)=C/C4CC4)CC[C@H]3F)c3c(Cl)[nH]nc3n2)cn1. The van der Waals surface area contributed by atoms with Crippen molar-refractivity contribution in [3.05, 3.63) is 29.2 Å². The van der Waals surface area contributed by atoms with Gasteiger partial charge < -0.3 is 15.5 Å². The fourth-order valence-electron chi connectivity index (χ4n) is 4.03. The third kappa shape index (κ3) is 4.90. The second-order valence-corrected chi connectivity index (χ2v) is 9.06. The van der Waals surface area contributed by atoms with Gasteiger partial charge in [-0.1, -0.05) is 17.7 Å². The van der Waals surface area contributed by atoms with Gasteiger partial charge in [-0.3, -0.25) is 14.6 Å². The molecule has 1 aliphatic heterocycles. The van der Waals surface area contributed by atoms with Crippen LogP contribution in [0.2, 0.25) is 5.15 Å². The molecule has 13 heteroatoms. The minimum absolute atomic E-state index is 0.0800. The van der Waals surface area contributed by atoms with E-state index in [2.05, 4.69) is 35.9 Å². The van der Waals surface area contributed by atoms with Crippen LogP contribution in [0, 0.1) is 17.2 Å². The number of carbonyl (C=O) groups excluding carboxylic acids is 1. The summed E-state index contributed by atoms with van der Waals surface area (Å²) < 4.78 is 16.7. The number of halogens is 2. The largest absolute Gasteiger partial charge is 0.362 e. The number of fused-ring (bicyclic) bond motifs is 1. The number of aryl methyl sites for hydroxylation is 1. The highest BCUT2D eigenvalue weighted by molar-refractivity contribution is 6.35. The first kappa shape index (κ1) is 23.0. The van der Waals surface area contributed by atoms with Gasteiger partial charge >= 0.3 is 0 Å². The Balaban J connectivity index is 1.39. The number of H-pyrrole nitrogens is 1. The molecular weight excluding hydrogens is 475 g/mol. The normalized spacial score (nSPS) is 20.6. The molecule has 3 aromatic heterocycles. The lowest BCUT2D eigenvalue weighted by Crippen LogP contribution is -2.51. The van der Waals surface area contributed by atoms with Gasteiger partial charge in [-0.2, -0.15) is 25.4 Å². The molecule has 0 spiro atoms. The van der Waals surface area contributed by atoms with Gasteiger partial charge in [0.05, 0.1) is 17.9 Å². The highest BCUT2D eigenvalue weighted by Gasteiger charge is 2.34. The van der Waals surface area contributed by atoms with Crippen LogP contribution in [0.15, 0.2) is 24.0 Å². The van der Waals surface area contributed by atoms with E-state index in [1.807, 2.05) is 19.2 Å². The van der Waals surface area contributed by atoms with Gasteiger partial charge in [0.1, 0.15) is 34.2 Å². The van der Waals surface area contributed by atoms with Crippen molar-refractivity contribution < 1.29 is 9.18 Å². The van der Waals surface area contributed by atoms with Crippen LogP contribution in [0.4, 0.5) is 21.8 Å². The number of alkyl halides is 1. The minimum Gasteiger partial charge on any atom is -0.362 e. The molecule has 182 valence electrons. The maximum absolute atomic E-state index is 15.0. The molecule has 2 fully saturated rings. The summed E-state index contributed by atoms with van der Waals surface area (Å²) in [5.74, 6) is 0.434. The summed E-state index contributed by atoms with van der Waals surface area (Å²) >= 11 is 6.29. The van der Waals surface area contributed by atoms with E-state index in [-0.39, 0.29) is 53.8 Å². The standard InChI is InChI=1S/C22H24ClFN10O/c1-2-34-10-14(9-26-34)27-22-29-19(17-18(23)31-32-20(17)30-22)28-16-11-33(6-5-15(16)24)21(35)13(8-25)7-12-3-4-12/h7,9-10,12,15-16H,2-6,11H2,1H3,(H3,27,28,29,30,31,32)/b13-7+/t15-,16+/m1/s1. The maximum Gasteiger partial charge on any atom is 0.264 e. The molecule has 4 heterocycles. The van der Waals surface area contributed by atoms with Gasteiger partial charge in [0, 0.05) is 25.8 Å². The Morgan fingerprint density at radius 3 is 2.94 bits per heavy atom. The van der Waals surface area contributed by atoms with E-state index in [1.54, 1.807) is 17.0 Å². The molecule has 5 rings (SSSR count). The number of anilines is 3. The zero-order chi connectivity index (χ0) is 24.5. The van der Waals surface area contributed by atoms with Gasteiger partial charge in [-0.05, 0) is 32.1 Å². The number of amides is 1. The van der Waals surface area contributed by atoms with Gasteiger partial charge in [-0.25, -0.2) is 4.39 Å². The molecule has 11 nitrogen and oxygen atoms in total. The van der Waals surface area contributed by atoms with E-state index in [1.165, 1.54) is 4.90 Å². The van der Waals surface area contributed by atoms with E-state index in [9.17, 15) is 14.4 Å². The summed E-state index contributed by atoms with van der Waals surface area (Å²) in [7, 11) is 0.